The number of allylic oxidation sites excluding steroid dienone is 1. The second kappa shape index (κ2) is 9.49. The van der Waals surface area contributed by atoms with E-state index in [4.69, 9.17) is 9.72 Å². The minimum Gasteiger partial charge on any atom is -0.481 e. The third-order valence-corrected chi connectivity index (χ3v) is 5.85. The summed E-state index contributed by atoms with van der Waals surface area (Å²) in [6.45, 7) is 9.81. The molecule has 4 heterocycles. The summed E-state index contributed by atoms with van der Waals surface area (Å²) in [7, 11) is 0. The summed E-state index contributed by atoms with van der Waals surface area (Å²) in [6.07, 6.45) is 1.18. The highest BCUT2D eigenvalue weighted by atomic mass is 16.5. The third-order valence-electron chi connectivity index (χ3n) is 5.85. The van der Waals surface area contributed by atoms with Crippen molar-refractivity contribution in [1.29, 1.82) is 0 Å². The number of aromatic nitrogens is 5. The van der Waals surface area contributed by atoms with Crippen LogP contribution in [0.1, 0.15) is 24.3 Å². The summed E-state index contributed by atoms with van der Waals surface area (Å²) in [5.74, 6) is 2.38. The molecule has 1 atom stereocenters. The number of fused-ring (bicyclic) bond motifs is 1. The lowest BCUT2D eigenvalue weighted by Crippen LogP contribution is -2.50. The fraction of sp³-hybridized carbons (Fsp3) is 0.280. The van der Waals surface area contributed by atoms with Gasteiger partial charge >= 0.3 is 0 Å². The molecule has 5 rings (SSSR count). The van der Waals surface area contributed by atoms with E-state index in [-0.39, 0.29) is 5.91 Å². The van der Waals surface area contributed by atoms with E-state index in [1.165, 1.54) is 0 Å². The van der Waals surface area contributed by atoms with E-state index in [1.807, 2.05) is 66.6 Å². The van der Waals surface area contributed by atoms with Crippen molar-refractivity contribution in [1.82, 2.24) is 29.7 Å². The van der Waals surface area contributed by atoms with Gasteiger partial charge in [-0.3, -0.25) is 9.89 Å². The minimum absolute atomic E-state index is 0.0723. The monoisotopic (exact) mass is 472 g/mol. The molecule has 3 aromatic heterocycles. The molecule has 1 amide bonds. The SMILES string of the molecule is C=C(C)OC(C(=O)N1CCN(c2nc(Nc3cc(C)[nH]n3)c3cccn3n2)CC1)c1ccccc1. The van der Waals surface area contributed by atoms with E-state index < -0.39 is 6.10 Å². The molecular formula is C25H28N8O2. The number of aryl methyl sites for hydroxylation is 1. The van der Waals surface area contributed by atoms with Gasteiger partial charge in [0.05, 0.1) is 5.76 Å². The maximum Gasteiger partial charge on any atom is 0.268 e. The van der Waals surface area contributed by atoms with Gasteiger partial charge in [0.25, 0.3) is 5.91 Å². The van der Waals surface area contributed by atoms with E-state index in [9.17, 15) is 4.79 Å². The number of nitrogens with one attached hydrogen (secondary N) is 2. The lowest BCUT2D eigenvalue weighted by atomic mass is 10.1. The summed E-state index contributed by atoms with van der Waals surface area (Å²) < 4.78 is 7.63. The summed E-state index contributed by atoms with van der Waals surface area (Å²) in [5.41, 5.74) is 2.62. The number of nitrogens with zero attached hydrogens (tertiary/aromatic N) is 6. The summed E-state index contributed by atoms with van der Waals surface area (Å²) in [6, 6.07) is 15.3. The normalized spacial score (nSPS) is 14.7. The van der Waals surface area contributed by atoms with Gasteiger partial charge in [0, 0.05) is 49.7 Å². The summed E-state index contributed by atoms with van der Waals surface area (Å²) >= 11 is 0. The zero-order valence-electron chi connectivity index (χ0n) is 19.8. The van der Waals surface area contributed by atoms with Gasteiger partial charge in [-0.2, -0.15) is 10.1 Å². The van der Waals surface area contributed by atoms with E-state index in [2.05, 4.69) is 32.1 Å². The molecule has 10 heteroatoms. The molecule has 180 valence electrons. The molecule has 1 aromatic carbocycles. The minimum atomic E-state index is -0.708. The van der Waals surface area contributed by atoms with E-state index >= 15 is 0 Å². The molecule has 10 nitrogen and oxygen atoms in total. The summed E-state index contributed by atoms with van der Waals surface area (Å²) in [4.78, 5) is 22.1. The Morgan fingerprint density at radius 2 is 1.91 bits per heavy atom. The van der Waals surface area contributed by atoms with Crippen LogP contribution < -0.4 is 10.2 Å². The molecular weight excluding hydrogens is 444 g/mol. The van der Waals surface area contributed by atoms with Crippen LogP contribution in [0.25, 0.3) is 5.52 Å². The molecule has 1 saturated heterocycles. The third kappa shape index (κ3) is 4.81. The second-order valence-electron chi connectivity index (χ2n) is 8.58. The topological polar surface area (TPSA) is 104 Å². The predicted molar refractivity (Wildman–Crippen MR) is 133 cm³/mol. The molecule has 1 aliphatic heterocycles. The molecule has 1 aliphatic rings. The number of aromatic amines is 1. The van der Waals surface area contributed by atoms with Gasteiger partial charge < -0.3 is 19.9 Å². The fourth-order valence-electron chi connectivity index (χ4n) is 4.14. The van der Waals surface area contributed by atoms with Crippen LogP contribution in [0.3, 0.4) is 0 Å². The average Bonchev–Trinajstić information content (AvgIpc) is 3.51. The largest absolute Gasteiger partial charge is 0.481 e. The number of ether oxygens (including phenoxy) is 1. The Hall–Kier alpha value is -4.34. The Bertz CT molecular complexity index is 1340. The zero-order valence-corrected chi connectivity index (χ0v) is 19.8. The maximum atomic E-state index is 13.4. The van der Waals surface area contributed by atoms with E-state index in [0.29, 0.717) is 49.5 Å². The quantitative estimate of drug-likeness (QED) is 0.397. The second-order valence-corrected chi connectivity index (χ2v) is 8.58. The number of carbonyl (C=O) groups is 1. The van der Waals surface area contributed by atoms with Gasteiger partial charge in [-0.1, -0.05) is 36.9 Å². The van der Waals surface area contributed by atoms with Gasteiger partial charge in [-0.15, -0.1) is 5.10 Å². The number of hydrogen-bond donors (Lipinski definition) is 2. The fourth-order valence-corrected chi connectivity index (χ4v) is 4.14. The Morgan fingerprint density at radius 3 is 2.60 bits per heavy atom. The molecule has 0 bridgehead atoms. The van der Waals surface area contributed by atoms with Crippen molar-refractivity contribution < 1.29 is 9.53 Å². The van der Waals surface area contributed by atoms with Crippen molar-refractivity contribution in [3.63, 3.8) is 0 Å². The van der Waals surface area contributed by atoms with Crippen LogP contribution >= 0.6 is 0 Å². The zero-order chi connectivity index (χ0) is 24.4. The Morgan fingerprint density at radius 1 is 1.14 bits per heavy atom. The van der Waals surface area contributed by atoms with E-state index in [0.717, 1.165) is 16.8 Å². The summed E-state index contributed by atoms with van der Waals surface area (Å²) in [5, 5.41) is 15.1. The smallest absolute Gasteiger partial charge is 0.268 e. The van der Waals surface area contributed by atoms with Crippen LogP contribution in [0.15, 0.2) is 67.1 Å². The highest BCUT2D eigenvalue weighted by molar-refractivity contribution is 5.83. The van der Waals surface area contributed by atoms with Gasteiger partial charge in [-0.05, 0) is 26.0 Å². The number of hydrogen-bond acceptors (Lipinski definition) is 7. The number of piperazine rings is 1. The molecule has 0 aliphatic carbocycles. The van der Waals surface area contributed by atoms with Crippen molar-refractivity contribution in [2.75, 3.05) is 36.4 Å². The Kier molecular flexibility index (Phi) is 6.09. The van der Waals surface area contributed by atoms with Crippen LogP contribution in [-0.2, 0) is 9.53 Å². The number of amides is 1. The maximum absolute atomic E-state index is 13.4. The van der Waals surface area contributed by atoms with Crippen molar-refractivity contribution in [2.24, 2.45) is 0 Å². The molecule has 1 unspecified atom stereocenters. The molecule has 0 spiro atoms. The molecule has 4 aromatic rings. The lowest BCUT2D eigenvalue weighted by molar-refractivity contribution is -0.142. The lowest BCUT2D eigenvalue weighted by Gasteiger charge is -2.36. The van der Waals surface area contributed by atoms with Crippen LogP contribution in [0.5, 0.6) is 0 Å². The van der Waals surface area contributed by atoms with E-state index in [1.54, 1.807) is 11.4 Å². The number of anilines is 3. The van der Waals surface area contributed by atoms with Crippen LogP contribution in [0, 0.1) is 6.92 Å². The van der Waals surface area contributed by atoms with Gasteiger partial charge in [0.15, 0.2) is 11.6 Å². The first kappa shape index (κ1) is 22.5. The predicted octanol–water partition coefficient (Wildman–Crippen LogP) is 3.44. The average molecular weight is 473 g/mol. The van der Waals surface area contributed by atoms with Crippen molar-refractivity contribution in [2.45, 2.75) is 20.0 Å². The Balaban J connectivity index is 1.32. The van der Waals surface area contributed by atoms with Crippen molar-refractivity contribution in [3.05, 3.63) is 78.3 Å². The van der Waals surface area contributed by atoms with Crippen molar-refractivity contribution >= 4 is 29.0 Å². The first-order chi connectivity index (χ1) is 17.0. The molecule has 0 radical (unpaired) electrons. The number of rotatable bonds is 7. The van der Waals surface area contributed by atoms with Gasteiger partial charge in [0.1, 0.15) is 5.52 Å². The highest BCUT2D eigenvalue weighted by Gasteiger charge is 2.31. The molecule has 35 heavy (non-hydrogen) atoms. The van der Waals surface area contributed by atoms with Crippen LogP contribution in [0.2, 0.25) is 0 Å². The van der Waals surface area contributed by atoms with Crippen LogP contribution in [-0.4, -0.2) is 61.8 Å². The molecule has 2 N–H and O–H groups in total. The first-order valence-corrected chi connectivity index (χ1v) is 11.5. The number of carbonyl (C=O) groups excluding carboxylic acids is 1. The van der Waals surface area contributed by atoms with Crippen LogP contribution in [0.4, 0.5) is 17.6 Å². The Labute approximate surface area is 203 Å². The highest BCUT2D eigenvalue weighted by Crippen LogP contribution is 2.25. The number of benzene rings is 1. The van der Waals surface area contributed by atoms with Crippen molar-refractivity contribution in [3.8, 4) is 0 Å². The first-order valence-electron chi connectivity index (χ1n) is 11.5. The standard InChI is InChI=1S/C25H28N8O2/c1-17(2)35-22(19-8-5-4-6-9-19)24(34)31-12-14-32(15-13-31)25-27-23(20-10-7-11-33(20)30-25)26-21-16-18(3)28-29-21/h4-11,16,22H,1,12-15H2,2-3H3,(H2,26,27,28,29,30). The molecule has 1 fully saturated rings. The van der Waals surface area contributed by atoms with Gasteiger partial charge in [-0.25, -0.2) is 4.52 Å². The number of H-pyrrole nitrogens is 1. The van der Waals surface area contributed by atoms with Gasteiger partial charge in [0.2, 0.25) is 12.1 Å². The molecule has 0 saturated carbocycles.